The van der Waals surface area contributed by atoms with Crippen molar-refractivity contribution in [3.8, 4) is 0 Å². The summed E-state index contributed by atoms with van der Waals surface area (Å²) in [6, 6.07) is 0. The Labute approximate surface area is 146 Å². The second-order valence-corrected chi connectivity index (χ2v) is 8.32. The van der Waals surface area contributed by atoms with Gasteiger partial charge >= 0.3 is 0 Å². The van der Waals surface area contributed by atoms with Crippen LogP contribution in [0, 0.1) is 11.3 Å². The third kappa shape index (κ3) is 4.50. The zero-order chi connectivity index (χ0) is 17.0. The number of carbonyl (C=O) groups is 2. The molecule has 0 radical (unpaired) electrons. The Morgan fingerprint density at radius 3 is 2.58 bits per heavy atom. The van der Waals surface area contributed by atoms with E-state index in [0.29, 0.717) is 5.41 Å². The molecule has 1 N–H and O–H groups in total. The first-order chi connectivity index (χ1) is 11.6. The number of hydrogen-bond acceptors (Lipinski definition) is 3. The number of likely N-dealkylation sites (tertiary alicyclic amines) is 2. The predicted molar refractivity (Wildman–Crippen MR) is 94.6 cm³/mol. The Hall–Kier alpha value is -1.10. The van der Waals surface area contributed by atoms with Crippen molar-refractivity contribution in [2.45, 2.75) is 58.3 Å². The SMILES string of the molecule is CC(=O)NCC(=O)N1CCC2(CCCN(CC3CCCCC3)C2)C1. The fourth-order valence-corrected chi connectivity index (χ4v) is 4.99. The van der Waals surface area contributed by atoms with Gasteiger partial charge in [-0.15, -0.1) is 0 Å². The fraction of sp³-hybridized carbons (Fsp3) is 0.895. The standard InChI is InChI=1S/C19H33N3O2/c1-16(23)20-12-18(24)22-11-9-19(15-22)8-5-10-21(14-19)13-17-6-3-2-4-7-17/h17H,2-15H2,1H3,(H,20,23). The van der Waals surface area contributed by atoms with Gasteiger partial charge in [-0.3, -0.25) is 9.59 Å². The van der Waals surface area contributed by atoms with Crippen molar-refractivity contribution in [3.63, 3.8) is 0 Å². The van der Waals surface area contributed by atoms with Gasteiger partial charge in [0.15, 0.2) is 0 Å². The molecular formula is C19H33N3O2. The Morgan fingerprint density at radius 2 is 1.83 bits per heavy atom. The third-order valence-electron chi connectivity index (χ3n) is 6.26. The van der Waals surface area contributed by atoms with Crippen LogP contribution in [0.1, 0.15) is 58.3 Å². The summed E-state index contributed by atoms with van der Waals surface area (Å²) in [5.74, 6) is 0.841. The van der Waals surface area contributed by atoms with Gasteiger partial charge in [-0.2, -0.15) is 0 Å². The van der Waals surface area contributed by atoms with Crippen LogP contribution in [-0.2, 0) is 9.59 Å². The van der Waals surface area contributed by atoms with Crippen molar-refractivity contribution in [3.05, 3.63) is 0 Å². The highest BCUT2D eigenvalue weighted by molar-refractivity contribution is 5.83. The van der Waals surface area contributed by atoms with Crippen molar-refractivity contribution in [1.82, 2.24) is 15.1 Å². The first-order valence-electron chi connectivity index (χ1n) is 9.81. The maximum Gasteiger partial charge on any atom is 0.241 e. The maximum absolute atomic E-state index is 12.3. The summed E-state index contributed by atoms with van der Waals surface area (Å²) >= 11 is 0. The molecule has 1 spiro atoms. The maximum atomic E-state index is 12.3. The van der Waals surface area contributed by atoms with Crippen LogP contribution in [0.5, 0.6) is 0 Å². The molecule has 3 aliphatic rings. The molecule has 3 fully saturated rings. The summed E-state index contributed by atoms with van der Waals surface area (Å²) in [5, 5.41) is 2.64. The Morgan fingerprint density at radius 1 is 1.04 bits per heavy atom. The number of rotatable bonds is 4. The lowest BCUT2D eigenvalue weighted by atomic mass is 9.78. The van der Waals surface area contributed by atoms with Crippen molar-refractivity contribution < 1.29 is 9.59 Å². The van der Waals surface area contributed by atoms with E-state index in [4.69, 9.17) is 0 Å². The molecule has 2 aliphatic heterocycles. The van der Waals surface area contributed by atoms with E-state index in [1.807, 2.05) is 4.90 Å². The molecule has 2 amide bonds. The van der Waals surface area contributed by atoms with E-state index in [9.17, 15) is 9.59 Å². The average Bonchev–Trinajstić information content (AvgIpc) is 2.97. The van der Waals surface area contributed by atoms with Crippen LogP contribution < -0.4 is 5.32 Å². The minimum Gasteiger partial charge on any atom is -0.347 e. The van der Waals surface area contributed by atoms with Crippen molar-refractivity contribution in [1.29, 1.82) is 0 Å². The van der Waals surface area contributed by atoms with Crippen molar-refractivity contribution >= 4 is 11.8 Å². The van der Waals surface area contributed by atoms with Crippen LogP contribution in [0.3, 0.4) is 0 Å². The minimum absolute atomic E-state index is 0.0754. The highest BCUT2D eigenvalue weighted by Gasteiger charge is 2.42. The number of hydrogen-bond donors (Lipinski definition) is 1. The average molecular weight is 335 g/mol. The van der Waals surface area contributed by atoms with Crippen molar-refractivity contribution in [2.24, 2.45) is 11.3 Å². The lowest BCUT2D eigenvalue weighted by Crippen LogP contribution is -2.47. The van der Waals surface area contributed by atoms with E-state index in [1.165, 1.54) is 65.0 Å². The molecule has 2 heterocycles. The Balaban J connectivity index is 1.50. The molecule has 1 unspecified atom stereocenters. The number of carbonyl (C=O) groups excluding carboxylic acids is 2. The van der Waals surface area contributed by atoms with E-state index < -0.39 is 0 Å². The van der Waals surface area contributed by atoms with E-state index in [-0.39, 0.29) is 18.4 Å². The molecule has 5 heteroatoms. The molecule has 2 saturated heterocycles. The van der Waals surface area contributed by atoms with Crippen molar-refractivity contribution in [2.75, 3.05) is 39.3 Å². The van der Waals surface area contributed by atoms with Crippen LogP contribution >= 0.6 is 0 Å². The topological polar surface area (TPSA) is 52.7 Å². The summed E-state index contributed by atoms with van der Waals surface area (Å²) in [6.07, 6.45) is 10.7. The van der Waals surface area contributed by atoms with E-state index in [0.717, 1.165) is 32.0 Å². The van der Waals surface area contributed by atoms with Gasteiger partial charge in [-0.1, -0.05) is 19.3 Å². The summed E-state index contributed by atoms with van der Waals surface area (Å²) in [7, 11) is 0. The second-order valence-electron chi connectivity index (χ2n) is 8.32. The first-order valence-corrected chi connectivity index (χ1v) is 9.81. The molecule has 0 aromatic heterocycles. The zero-order valence-electron chi connectivity index (χ0n) is 15.2. The van der Waals surface area contributed by atoms with Crippen LogP contribution in [-0.4, -0.2) is 60.9 Å². The largest absolute Gasteiger partial charge is 0.347 e. The second kappa shape index (κ2) is 7.85. The fourth-order valence-electron chi connectivity index (χ4n) is 4.99. The molecular weight excluding hydrogens is 302 g/mol. The van der Waals surface area contributed by atoms with Gasteiger partial charge in [0.25, 0.3) is 0 Å². The predicted octanol–water partition coefficient (Wildman–Crippen LogP) is 2.02. The van der Waals surface area contributed by atoms with Crippen LogP contribution in [0.25, 0.3) is 0 Å². The van der Waals surface area contributed by atoms with E-state index in [2.05, 4.69) is 10.2 Å². The molecule has 1 atom stereocenters. The van der Waals surface area contributed by atoms with Crippen LogP contribution in [0.15, 0.2) is 0 Å². The van der Waals surface area contributed by atoms with Gasteiger partial charge in [0.05, 0.1) is 6.54 Å². The lowest BCUT2D eigenvalue weighted by molar-refractivity contribution is -0.132. The minimum atomic E-state index is -0.131. The van der Waals surface area contributed by atoms with Gasteiger partial charge < -0.3 is 15.1 Å². The normalized spacial score (nSPS) is 29.1. The molecule has 24 heavy (non-hydrogen) atoms. The van der Waals surface area contributed by atoms with Crippen LogP contribution in [0.4, 0.5) is 0 Å². The zero-order valence-corrected chi connectivity index (χ0v) is 15.2. The third-order valence-corrected chi connectivity index (χ3v) is 6.26. The molecule has 0 aromatic rings. The molecule has 1 saturated carbocycles. The number of nitrogens with zero attached hydrogens (tertiary/aromatic N) is 2. The smallest absolute Gasteiger partial charge is 0.241 e. The highest BCUT2D eigenvalue weighted by Crippen LogP contribution is 2.39. The number of piperidine rings is 1. The monoisotopic (exact) mass is 335 g/mol. The lowest BCUT2D eigenvalue weighted by Gasteiger charge is -2.42. The molecule has 3 rings (SSSR count). The molecule has 136 valence electrons. The van der Waals surface area contributed by atoms with Gasteiger partial charge in [0, 0.05) is 38.5 Å². The molecule has 0 aromatic carbocycles. The van der Waals surface area contributed by atoms with Gasteiger partial charge in [-0.05, 0) is 44.6 Å². The Bertz CT molecular complexity index is 462. The summed E-state index contributed by atoms with van der Waals surface area (Å²) < 4.78 is 0. The summed E-state index contributed by atoms with van der Waals surface area (Å²) in [6.45, 7) is 7.01. The highest BCUT2D eigenvalue weighted by atomic mass is 16.2. The first kappa shape index (κ1) is 17.7. The van der Waals surface area contributed by atoms with Gasteiger partial charge in [0.1, 0.15) is 0 Å². The Kier molecular flexibility index (Phi) is 5.80. The summed E-state index contributed by atoms with van der Waals surface area (Å²) in [4.78, 5) is 27.9. The number of amides is 2. The quantitative estimate of drug-likeness (QED) is 0.855. The molecule has 1 aliphatic carbocycles. The summed E-state index contributed by atoms with van der Waals surface area (Å²) in [5.41, 5.74) is 0.304. The molecule has 0 bridgehead atoms. The van der Waals surface area contributed by atoms with Gasteiger partial charge in [-0.25, -0.2) is 0 Å². The van der Waals surface area contributed by atoms with Gasteiger partial charge in [0.2, 0.25) is 11.8 Å². The van der Waals surface area contributed by atoms with E-state index >= 15 is 0 Å². The van der Waals surface area contributed by atoms with Crippen LogP contribution in [0.2, 0.25) is 0 Å². The molecule has 5 nitrogen and oxygen atoms in total. The van der Waals surface area contributed by atoms with E-state index in [1.54, 1.807) is 0 Å². The number of nitrogens with one attached hydrogen (secondary N) is 1.